The van der Waals surface area contributed by atoms with Crippen LogP contribution in [0.1, 0.15) is 21.8 Å². The van der Waals surface area contributed by atoms with Gasteiger partial charge in [0.15, 0.2) is 6.21 Å². The highest BCUT2D eigenvalue weighted by atomic mass is 32.1. The number of ether oxygens (including phenoxy) is 2. The molecule has 0 saturated heterocycles. The summed E-state index contributed by atoms with van der Waals surface area (Å²) >= 11 is 1.64. The van der Waals surface area contributed by atoms with Gasteiger partial charge in [0.05, 0.1) is 16.4 Å². The van der Waals surface area contributed by atoms with Gasteiger partial charge in [-0.3, -0.25) is 9.97 Å². The molecule has 0 aliphatic heterocycles. The van der Waals surface area contributed by atoms with Crippen molar-refractivity contribution in [3.8, 4) is 11.5 Å². The van der Waals surface area contributed by atoms with Crippen molar-refractivity contribution in [3.63, 3.8) is 0 Å². The first kappa shape index (κ1) is 27.1. The van der Waals surface area contributed by atoms with E-state index >= 15 is 0 Å². The molecule has 0 bridgehead atoms. The number of esters is 1. The van der Waals surface area contributed by atoms with E-state index in [1.807, 2.05) is 36.5 Å². The van der Waals surface area contributed by atoms with Crippen molar-refractivity contribution in [3.05, 3.63) is 113 Å². The van der Waals surface area contributed by atoms with Crippen LogP contribution in [0, 0.1) is 6.92 Å². The van der Waals surface area contributed by atoms with Crippen molar-refractivity contribution in [1.29, 1.82) is 0 Å². The number of oxime groups is 1. The highest BCUT2D eigenvalue weighted by molar-refractivity contribution is 7.18. The second kappa shape index (κ2) is 12.6. The number of carbonyl (C=O) groups excluding carboxylic acids is 1. The summed E-state index contributed by atoms with van der Waals surface area (Å²) < 4.78 is 14.7. The Bertz CT molecular complexity index is 1820. The fourth-order valence-corrected chi connectivity index (χ4v) is 5.65. The first-order valence-electron chi connectivity index (χ1n) is 13.4. The van der Waals surface area contributed by atoms with Crippen LogP contribution in [0.15, 0.2) is 96.7 Å². The van der Waals surface area contributed by atoms with Gasteiger partial charge in [0.2, 0.25) is 0 Å². The highest BCUT2D eigenvalue weighted by Gasteiger charge is 2.16. The fourth-order valence-electron chi connectivity index (χ4n) is 4.77. The number of thiazole rings is 1. The van der Waals surface area contributed by atoms with Crippen molar-refractivity contribution < 1.29 is 19.1 Å². The molecule has 9 nitrogen and oxygen atoms in total. The zero-order chi connectivity index (χ0) is 28.7. The number of hydrogen-bond donors (Lipinski definition) is 0. The van der Waals surface area contributed by atoms with Crippen molar-refractivity contribution >= 4 is 44.6 Å². The number of carbonyl (C=O) groups is 1. The van der Waals surface area contributed by atoms with Gasteiger partial charge in [-0.25, -0.2) is 9.78 Å². The summed E-state index contributed by atoms with van der Waals surface area (Å²) in [7, 11) is 0. The van der Waals surface area contributed by atoms with E-state index in [1.165, 1.54) is 6.20 Å². The Balaban J connectivity index is 1.19. The smallest absolute Gasteiger partial charge is 0.358 e. The van der Waals surface area contributed by atoms with Crippen LogP contribution in [0.2, 0.25) is 0 Å². The summed E-state index contributed by atoms with van der Waals surface area (Å²) in [5.74, 6) is 0.466. The second-order valence-electron chi connectivity index (χ2n) is 9.48. The summed E-state index contributed by atoms with van der Waals surface area (Å²) in [5.41, 5.74) is 5.40. The minimum absolute atomic E-state index is 0.278. The molecular weight excluding hydrogens is 550 g/mol. The Kier molecular flexibility index (Phi) is 8.14. The molecule has 0 radical (unpaired) electrons. The van der Waals surface area contributed by atoms with Crippen molar-refractivity contribution in [1.82, 2.24) is 19.5 Å². The molecule has 0 spiro atoms. The molecule has 0 atom stereocenters. The van der Waals surface area contributed by atoms with Crippen LogP contribution in [-0.2, 0) is 29.2 Å². The lowest BCUT2D eigenvalue weighted by atomic mass is 10.1. The van der Waals surface area contributed by atoms with Crippen LogP contribution in [0.3, 0.4) is 0 Å². The Morgan fingerprint density at radius 1 is 1.00 bits per heavy atom. The normalized spacial score (nSPS) is 11.4. The number of aromatic nitrogens is 4. The number of benzene rings is 2. The summed E-state index contributed by atoms with van der Waals surface area (Å²) in [6.45, 7) is 3.45. The average Bonchev–Trinajstić information content (AvgIpc) is 3.55. The van der Waals surface area contributed by atoms with Crippen molar-refractivity contribution in [2.24, 2.45) is 5.16 Å². The monoisotopic (exact) mass is 577 g/mol. The van der Waals surface area contributed by atoms with E-state index < -0.39 is 5.97 Å². The maximum absolute atomic E-state index is 12.0. The number of rotatable bonds is 11. The van der Waals surface area contributed by atoms with Crippen LogP contribution in [0.4, 0.5) is 0 Å². The molecule has 6 rings (SSSR count). The van der Waals surface area contributed by atoms with E-state index in [0.29, 0.717) is 25.3 Å². The Labute approximate surface area is 246 Å². The van der Waals surface area contributed by atoms with Crippen LogP contribution < -0.4 is 9.47 Å². The molecule has 4 aromatic heterocycles. The molecule has 0 unspecified atom stereocenters. The third-order valence-electron chi connectivity index (χ3n) is 6.72. The molecule has 0 amide bonds. The molecule has 4 heterocycles. The Morgan fingerprint density at radius 2 is 1.86 bits per heavy atom. The Hall–Kier alpha value is -5.09. The van der Waals surface area contributed by atoms with E-state index in [9.17, 15) is 4.79 Å². The maximum Gasteiger partial charge on any atom is 0.358 e. The number of hydrogen-bond acceptors (Lipinski definition) is 9. The van der Waals surface area contributed by atoms with Gasteiger partial charge in [-0.1, -0.05) is 23.4 Å². The highest BCUT2D eigenvalue weighted by Crippen LogP contribution is 2.31. The third kappa shape index (κ3) is 6.29. The van der Waals surface area contributed by atoms with E-state index in [1.54, 1.807) is 35.9 Å². The lowest BCUT2D eigenvalue weighted by Gasteiger charge is -2.09. The molecule has 0 aliphatic carbocycles. The largest absolute Gasteiger partial charge is 0.486 e. The molecule has 0 fully saturated rings. The predicted octanol–water partition coefficient (Wildman–Crippen LogP) is 6.13. The van der Waals surface area contributed by atoms with Crippen LogP contribution >= 0.6 is 11.3 Å². The molecule has 2 aromatic carbocycles. The lowest BCUT2D eigenvalue weighted by molar-refractivity contribution is -0.126. The molecule has 0 aliphatic rings. The molecule has 6 aromatic rings. The van der Waals surface area contributed by atoms with Gasteiger partial charge in [0.25, 0.3) is 0 Å². The standard InChI is InChI=1S/C32H27N5O4S/c1-22-26(12-15-40-35-19-32(38)41-25-7-5-14-34-18-25)27-16-24(39-21-31-36-28-8-2-3-9-30(28)42-31)10-11-29(27)37(22)20-23-6-4-13-33-17-23/h2-11,13-14,16-19H,12,15,20-21H2,1H3. The first-order valence-corrected chi connectivity index (χ1v) is 14.2. The Morgan fingerprint density at radius 3 is 2.67 bits per heavy atom. The third-order valence-corrected chi connectivity index (χ3v) is 7.73. The minimum atomic E-state index is -0.637. The van der Waals surface area contributed by atoms with Gasteiger partial charge in [-0.2, -0.15) is 0 Å². The van der Waals surface area contributed by atoms with Crippen LogP contribution in [0.5, 0.6) is 11.5 Å². The average molecular weight is 578 g/mol. The zero-order valence-corrected chi connectivity index (χ0v) is 23.7. The van der Waals surface area contributed by atoms with Gasteiger partial charge in [-0.05, 0) is 66.6 Å². The van der Waals surface area contributed by atoms with Crippen molar-refractivity contribution in [2.75, 3.05) is 6.61 Å². The zero-order valence-electron chi connectivity index (χ0n) is 22.8. The molecule has 210 valence electrons. The molecule has 42 heavy (non-hydrogen) atoms. The van der Waals surface area contributed by atoms with Gasteiger partial charge >= 0.3 is 5.97 Å². The predicted molar refractivity (Wildman–Crippen MR) is 162 cm³/mol. The van der Waals surface area contributed by atoms with E-state index in [4.69, 9.17) is 14.3 Å². The number of para-hydroxylation sites is 1. The number of nitrogens with zero attached hydrogens (tertiary/aromatic N) is 5. The summed E-state index contributed by atoms with van der Waals surface area (Å²) in [6.07, 6.45) is 8.30. The second-order valence-corrected chi connectivity index (χ2v) is 10.6. The maximum atomic E-state index is 12.0. The lowest BCUT2D eigenvalue weighted by Crippen LogP contribution is -2.09. The fraction of sp³-hybridized carbons (Fsp3) is 0.156. The van der Waals surface area contributed by atoms with E-state index in [-0.39, 0.29) is 6.61 Å². The molecular formula is C32H27N5O4S. The molecule has 0 saturated carbocycles. The number of fused-ring (bicyclic) bond motifs is 2. The quantitative estimate of drug-likeness (QED) is 0.0791. The van der Waals surface area contributed by atoms with E-state index in [2.05, 4.69) is 55.9 Å². The molecule has 0 N–H and O–H groups in total. The van der Waals surface area contributed by atoms with Gasteiger partial charge in [0.1, 0.15) is 29.7 Å². The SMILES string of the molecule is Cc1c(CCON=CC(=O)Oc2cccnc2)c2cc(OCc3nc4ccccc4s3)ccc2n1Cc1cccnc1. The van der Waals surface area contributed by atoms with Gasteiger partial charge in [-0.15, -0.1) is 11.3 Å². The molecule has 10 heteroatoms. The first-order chi connectivity index (χ1) is 20.6. The summed E-state index contributed by atoms with van der Waals surface area (Å²) in [6, 6.07) is 21.6. The number of pyridine rings is 2. The van der Waals surface area contributed by atoms with E-state index in [0.717, 1.165) is 54.9 Å². The van der Waals surface area contributed by atoms with Gasteiger partial charge < -0.3 is 18.9 Å². The van der Waals surface area contributed by atoms with Gasteiger partial charge in [0, 0.05) is 48.2 Å². The minimum Gasteiger partial charge on any atom is -0.486 e. The summed E-state index contributed by atoms with van der Waals surface area (Å²) in [5, 5.41) is 5.80. The van der Waals surface area contributed by atoms with Crippen LogP contribution in [0.25, 0.3) is 21.1 Å². The van der Waals surface area contributed by atoms with Crippen molar-refractivity contribution in [2.45, 2.75) is 26.5 Å². The summed E-state index contributed by atoms with van der Waals surface area (Å²) in [4.78, 5) is 30.3. The topological polar surface area (TPSA) is 101 Å². The van der Waals surface area contributed by atoms with Crippen LogP contribution in [-0.4, -0.2) is 38.3 Å².